The van der Waals surface area contributed by atoms with Crippen molar-refractivity contribution in [3.8, 4) is 0 Å². The summed E-state index contributed by atoms with van der Waals surface area (Å²) >= 11 is 1.54. The Morgan fingerprint density at radius 3 is 2.53 bits per heavy atom. The molecule has 1 saturated heterocycles. The molecule has 0 amide bonds. The van der Waals surface area contributed by atoms with Crippen molar-refractivity contribution in [3.05, 3.63) is 47.2 Å². The molecule has 1 aliphatic rings. The van der Waals surface area contributed by atoms with Gasteiger partial charge in [-0.05, 0) is 62.6 Å². The van der Waals surface area contributed by atoms with Crippen molar-refractivity contribution in [2.75, 3.05) is 23.3 Å². The summed E-state index contributed by atoms with van der Waals surface area (Å²) in [6.45, 7) is 7.98. The van der Waals surface area contributed by atoms with Gasteiger partial charge in [0, 0.05) is 48.2 Å². The SMILES string of the molecule is CCC(=O)Cc1ccc(Sc2nc(Nc3cc(C)[nH]n3)c(C)c(N3CCCCC3)n2)cc1. The van der Waals surface area contributed by atoms with Gasteiger partial charge in [-0.1, -0.05) is 19.1 Å². The van der Waals surface area contributed by atoms with Crippen LogP contribution in [0, 0.1) is 13.8 Å². The molecule has 1 aromatic carbocycles. The van der Waals surface area contributed by atoms with E-state index in [-0.39, 0.29) is 5.78 Å². The van der Waals surface area contributed by atoms with Crippen molar-refractivity contribution >= 4 is 35.0 Å². The highest BCUT2D eigenvalue weighted by atomic mass is 32.2. The largest absolute Gasteiger partial charge is 0.356 e. The van der Waals surface area contributed by atoms with Crippen LogP contribution in [0.25, 0.3) is 0 Å². The fourth-order valence-electron chi connectivity index (χ4n) is 3.80. The van der Waals surface area contributed by atoms with Crippen LogP contribution in [0.5, 0.6) is 0 Å². The maximum Gasteiger partial charge on any atom is 0.196 e. The third kappa shape index (κ3) is 5.48. The van der Waals surface area contributed by atoms with Gasteiger partial charge in [0.25, 0.3) is 0 Å². The number of carbonyl (C=O) groups excluding carboxylic acids is 1. The lowest BCUT2D eigenvalue weighted by molar-refractivity contribution is -0.118. The summed E-state index contributed by atoms with van der Waals surface area (Å²) in [7, 11) is 0. The molecule has 2 N–H and O–H groups in total. The summed E-state index contributed by atoms with van der Waals surface area (Å²) in [6, 6.07) is 10.1. The van der Waals surface area contributed by atoms with E-state index in [1.165, 1.54) is 31.0 Å². The third-order valence-corrected chi connectivity index (χ3v) is 6.51. The van der Waals surface area contributed by atoms with Gasteiger partial charge in [0.15, 0.2) is 11.0 Å². The smallest absolute Gasteiger partial charge is 0.196 e. The second-order valence-corrected chi connectivity index (χ2v) is 9.27. The zero-order chi connectivity index (χ0) is 22.5. The molecule has 0 saturated carbocycles. The average molecular weight is 451 g/mol. The lowest BCUT2D eigenvalue weighted by Gasteiger charge is -2.29. The molecular formula is C24H30N6OS. The number of aryl methyl sites for hydroxylation is 1. The Kier molecular flexibility index (Phi) is 7.09. The zero-order valence-corrected chi connectivity index (χ0v) is 19.8. The zero-order valence-electron chi connectivity index (χ0n) is 18.9. The Hall–Kier alpha value is -2.87. The van der Waals surface area contributed by atoms with Gasteiger partial charge in [-0.2, -0.15) is 5.10 Å². The second-order valence-electron chi connectivity index (χ2n) is 8.23. The molecule has 1 aliphatic heterocycles. The number of nitrogens with one attached hydrogen (secondary N) is 2. The Bertz CT molecular complexity index is 1070. The number of rotatable bonds is 8. The van der Waals surface area contributed by atoms with E-state index >= 15 is 0 Å². The molecule has 3 aromatic rings. The monoisotopic (exact) mass is 450 g/mol. The number of aromatic nitrogens is 4. The Balaban J connectivity index is 1.61. The lowest BCUT2D eigenvalue weighted by Crippen LogP contribution is -2.31. The summed E-state index contributed by atoms with van der Waals surface area (Å²) < 4.78 is 0. The standard InChI is InChI=1S/C24H30N6OS/c1-4-19(31)15-18-8-10-20(11-9-18)32-24-26-22(25-21-14-16(2)28-29-21)17(3)23(27-24)30-12-6-5-7-13-30/h8-11,14H,4-7,12-13,15H2,1-3H3,(H2,25,26,27,28,29). The number of ketones is 1. The highest BCUT2D eigenvalue weighted by molar-refractivity contribution is 7.99. The number of nitrogens with zero attached hydrogens (tertiary/aromatic N) is 4. The highest BCUT2D eigenvalue weighted by Crippen LogP contribution is 2.33. The summed E-state index contributed by atoms with van der Waals surface area (Å²) in [5.74, 6) is 2.76. The van der Waals surface area contributed by atoms with Crippen molar-refractivity contribution in [2.45, 2.75) is 62.9 Å². The molecule has 168 valence electrons. The first kappa shape index (κ1) is 22.3. The lowest BCUT2D eigenvalue weighted by atomic mass is 10.1. The number of hydrogen-bond donors (Lipinski definition) is 2. The normalized spacial score (nSPS) is 13.9. The average Bonchev–Trinajstić information content (AvgIpc) is 3.22. The molecule has 32 heavy (non-hydrogen) atoms. The molecule has 7 nitrogen and oxygen atoms in total. The van der Waals surface area contributed by atoms with E-state index in [0.29, 0.717) is 18.0 Å². The van der Waals surface area contributed by atoms with E-state index in [0.717, 1.165) is 52.3 Å². The predicted molar refractivity (Wildman–Crippen MR) is 129 cm³/mol. The Morgan fingerprint density at radius 2 is 1.88 bits per heavy atom. The highest BCUT2D eigenvalue weighted by Gasteiger charge is 2.20. The molecule has 0 unspecified atom stereocenters. The first-order chi connectivity index (χ1) is 15.5. The topological polar surface area (TPSA) is 86.8 Å². The summed E-state index contributed by atoms with van der Waals surface area (Å²) in [6.07, 6.45) is 4.69. The quantitative estimate of drug-likeness (QED) is 0.455. The number of anilines is 3. The minimum Gasteiger partial charge on any atom is -0.356 e. The Morgan fingerprint density at radius 1 is 1.12 bits per heavy atom. The maximum absolute atomic E-state index is 11.7. The van der Waals surface area contributed by atoms with E-state index in [1.807, 2.05) is 44.2 Å². The van der Waals surface area contributed by atoms with Gasteiger partial charge < -0.3 is 10.2 Å². The first-order valence-electron chi connectivity index (χ1n) is 11.2. The van der Waals surface area contributed by atoms with Crippen LogP contribution < -0.4 is 10.2 Å². The van der Waals surface area contributed by atoms with Crippen molar-refractivity contribution in [1.29, 1.82) is 0 Å². The number of aromatic amines is 1. The summed E-state index contributed by atoms with van der Waals surface area (Å²) in [5.41, 5.74) is 3.06. The van der Waals surface area contributed by atoms with Gasteiger partial charge in [-0.15, -0.1) is 0 Å². The van der Waals surface area contributed by atoms with E-state index in [9.17, 15) is 4.79 Å². The van der Waals surface area contributed by atoms with Crippen LogP contribution in [-0.2, 0) is 11.2 Å². The predicted octanol–water partition coefficient (Wildman–Crippen LogP) is 5.22. The minimum atomic E-state index is 0.253. The van der Waals surface area contributed by atoms with Crippen LogP contribution >= 0.6 is 11.8 Å². The number of hydrogen-bond acceptors (Lipinski definition) is 7. The van der Waals surface area contributed by atoms with Gasteiger partial charge in [0.1, 0.15) is 17.4 Å². The maximum atomic E-state index is 11.7. The number of carbonyl (C=O) groups is 1. The summed E-state index contributed by atoms with van der Waals surface area (Å²) in [4.78, 5) is 24.9. The van der Waals surface area contributed by atoms with E-state index < -0.39 is 0 Å². The molecule has 3 heterocycles. The van der Waals surface area contributed by atoms with E-state index in [4.69, 9.17) is 9.97 Å². The first-order valence-corrected chi connectivity index (χ1v) is 12.0. The van der Waals surface area contributed by atoms with Crippen LogP contribution in [0.15, 0.2) is 40.4 Å². The second kappa shape index (κ2) is 10.2. The van der Waals surface area contributed by atoms with Crippen molar-refractivity contribution in [1.82, 2.24) is 20.2 Å². The molecule has 4 rings (SSSR count). The molecular weight excluding hydrogens is 420 g/mol. The molecule has 0 spiro atoms. The van der Waals surface area contributed by atoms with Gasteiger partial charge in [-0.25, -0.2) is 9.97 Å². The van der Waals surface area contributed by atoms with Gasteiger partial charge in [-0.3, -0.25) is 9.89 Å². The van der Waals surface area contributed by atoms with Gasteiger partial charge in [0.05, 0.1) is 0 Å². The van der Waals surface area contributed by atoms with Crippen molar-refractivity contribution in [3.63, 3.8) is 0 Å². The van der Waals surface area contributed by atoms with Gasteiger partial charge in [0.2, 0.25) is 0 Å². The molecule has 1 fully saturated rings. The van der Waals surface area contributed by atoms with Crippen LogP contribution in [0.4, 0.5) is 17.5 Å². The van der Waals surface area contributed by atoms with Crippen LogP contribution in [-0.4, -0.2) is 39.0 Å². The fraction of sp³-hybridized carbons (Fsp3) is 0.417. The van der Waals surface area contributed by atoms with Crippen LogP contribution in [0.2, 0.25) is 0 Å². The molecule has 8 heteroatoms. The van der Waals surface area contributed by atoms with Crippen molar-refractivity contribution in [2.24, 2.45) is 0 Å². The minimum absolute atomic E-state index is 0.253. The Labute approximate surface area is 193 Å². The fourth-order valence-corrected chi connectivity index (χ4v) is 4.55. The number of benzene rings is 1. The molecule has 0 atom stereocenters. The van der Waals surface area contributed by atoms with Crippen LogP contribution in [0.1, 0.15) is 49.4 Å². The number of piperidine rings is 1. The summed E-state index contributed by atoms with van der Waals surface area (Å²) in [5, 5.41) is 11.3. The molecule has 0 radical (unpaired) electrons. The van der Waals surface area contributed by atoms with Gasteiger partial charge >= 0.3 is 0 Å². The number of Topliss-reactive ketones (excluding diaryl/α,β-unsaturated/α-hetero) is 1. The van der Waals surface area contributed by atoms with E-state index in [1.54, 1.807) is 0 Å². The van der Waals surface area contributed by atoms with E-state index in [2.05, 4.69) is 27.3 Å². The molecule has 0 bridgehead atoms. The van der Waals surface area contributed by atoms with Crippen LogP contribution in [0.3, 0.4) is 0 Å². The number of H-pyrrole nitrogens is 1. The molecule has 0 aliphatic carbocycles. The third-order valence-electron chi connectivity index (χ3n) is 5.64. The molecule has 2 aromatic heterocycles. The van der Waals surface area contributed by atoms with Crippen molar-refractivity contribution < 1.29 is 4.79 Å².